The normalized spacial score (nSPS) is 10.1. The van der Waals surface area contributed by atoms with E-state index in [1.54, 1.807) is 43.5 Å². The Morgan fingerprint density at radius 1 is 1.00 bits per heavy atom. The zero-order valence-electron chi connectivity index (χ0n) is 11.1. The summed E-state index contributed by atoms with van der Waals surface area (Å²) in [5, 5.41) is 0. The molecule has 20 heavy (non-hydrogen) atoms. The van der Waals surface area contributed by atoms with Gasteiger partial charge in [-0.3, -0.25) is 4.79 Å². The van der Waals surface area contributed by atoms with Crippen LogP contribution in [0.2, 0.25) is 0 Å². The molecule has 0 aliphatic heterocycles. The van der Waals surface area contributed by atoms with E-state index in [-0.39, 0.29) is 24.6 Å². The van der Waals surface area contributed by atoms with E-state index in [0.717, 1.165) is 11.3 Å². The van der Waals surface area contributed by atoms with Gasteiger partial charge in [0.1, 0.15) is 23.9 Å². The van der Waals surface area contributed by atoms with Crippen LogP contribution < -0.4 is 9.47 Å². The fraction of sp³-hybridized carbons (Fsp3) is 0.188. The number of ketones is 1. The molecule has 0 heterocycles. The number of hydrogen-bond donors (Lipinski definition) is 0. The Hall–Kier alpha value is -2.36. The standard InChI is InChI=1S/C16H15FO3/c1-19-15-6-8-16(9-7-15)20-11-14(18)10-12-2-4-13(17)5-3-12/h2-9H,10-11H2,1H3. The Kier molecular flexibility index (Phi) is 4.71. The predicted octanol–water partition coefficient (Wildman–Crippen LogP) is 3.02. The van der Waals surface area contributed by atoms with Crippen LogP contribution in [0.25, 0.3) is 0 Å². The molecule has 0 atom stereocenters. The Morgan fingerprint density at radius 3 is 2.20 bits per heavy atom. The third kappa shape index (κ3) is 4.09. The maximum absolute atomic E-state index is 12.7. The number of rotatable bonds is 6. The molecule has 0 radical (unpaired) electrons. The molecule has 0 unspecified atom stereocenters. The lowest BCUT2D eigenvalue weighted by molar-refractivity contribution is -0.120. The zero-order valence-corrected chi connectivity index (χ0v) is 11.1. The average Bonchev–Trinajstić information content (AvgIpc) is 2.48. The van der Waals surface area contributed by atoms with Gasteiger partial charge in [0.15, 0.2) is 5.78 Å². The number of carbonyl (C=O) groups excluding carboxylic acids is 1. The highest BCUT2D eigenvalue weighted by Gasteiger charge is 2.05. The molecule has 0 saturated heterocycles. The first-order chi connectivity index (χ1) is 9.67. The minimum atomic E-state index is -0.310. The van der Waals surface area contributed by atoms with Crippen LogP contribution in [0.1, 0.15) is 5.56 Å². The highest BCUT2D eigenvalue weighted by Crippen LogP contribution is 2.17. The topological polar surface area (TPSA) is 35.5 Å². The summed E-state index contributed by atoms with van der Waals surface area (Å²) >= 11 is 0. The van der Waals surface area contributed by atoms with Gasteiger partial charge in [-0.25, -0.2) is 4.39 Å². The van der Waals surface area contributed by atoms with E-state index in [2.05, 4.69) is 0 Å². The van der Waals surface area contributed by atoms with Crippen molar-refractivity contribution in [3.05, 3.63) is 59.9 Å². The summed E-state index contributed by atoms with van der Waals surface area (Å²) in [4.78, 5) is 11.8. The molecular formula is C16H15FO3. The van der Waals surface area contributed by atoms with Crippen molar-refractivity contribution in [3.63, 3.8) is 0 Å². The van der Waals surface area contributed by atoms with Gasteiger partial charge in [-0.1, -0.05) is 12.1 Å². The van der Waals surface area contributed by atoms with Gasteiger partial charge in [0, 0.05) is 6.42 Å². The third-order valence-corrected chi connectivity index (χ3v) is 2.77. The summed E-state index contributed by atoms with van der Waals surface area (Å²) in [6.45, 7) is -0.0102. The van der Waals surface area contributed by atoms with Crippen molar-refractivity contribution in [3.8, 4) is 11.5 Å². The summed E-state index contributed by atoms with van der Waals surface area (Å²) in [6, 6.07) is 12.9. The molecule has 2 aromatic carbocycles. The summed E-state index contributed by atoms with van der Waals surface area (Å²) in [5.41, 5.74) is 0.773. The number of halogens is 1. The maximum Gasteiger partial charge on any atom is 0.174 e. The fourth-order valence-corrected chi connectivity index (χ4v) is 1.72. The first-order valence-corrected chi connectivity index (χ1v) is 6.20. The van der Waals surface area contributed by atoms with Crippen molar-refractivity contribution in [1.29, 1.82) is 0 Å². The summed E-state index contributed by atoms with van der Waals surface area (Å²) in [5.74, 6) is 0.969. The quantitative estimate of drug-likeness (QED) is 0.812. The van der Waals surface area contributed by atoms with E-state index in [0.29, 0.717) is 5.75 Å². The highest BCUT2D eigenvalue weighted by molar-refractivity contribution is 5.82. The third-order valence-electron chi connectivity index (χ3n) is 2.77. The summed E-state index contributed by atoms with van der Waals surface area (Å²) in [6.07, 6.45) is 0.233. The van der Waals surface area contributed by atoms with E-state index in [1.165, 1.54) is 12.1 Å². The summed E-state index contributed by atoms with van der Waals surface area (Å²) in [7, 11) is 1.59. The van der Waals surface area contributed by atoms with Gasteiger partial charge in [-0.05, 0) is 42.0 Å². The second-order valence-corrected chi connectivity index (χ2v) is 4.31. The van der Waals surface area contributed by atoms with Crippen LogP contribution in [-0.2, 0) is 11.2 Å². The predicted molar refractivity (Wildman–Crippen MR) is 73.6 cm³/mol. The van der Waals surface area contributed by atoms with Crippen molar-refractivity contribution >= 4 is 5.78 Å². The molecule has 0 aliphatic carbocycles. The minimum Gasteiger partial charge on any atom is -0.497 e. The first-order valence-electron chi connectivity index (χ1n) is 6.20. The van der Waals surface area contributed by atoms with Gasteiger partial charge < -0.3 is 9.47 Å². The van der Waals surface area contributed by atoms with Crippen molar-refractivity contribution in [2.45, 2.75) is 6.42 Å². The van der Waals surface area contributed by atoms with Crippen LogP contribution in [0.4, 0.5) is 4.39 Å². The van der Waals surface area contributed by atoms with Gasteiger partial charge in [0.05, 0.1) is 7.11 Å². The number of benzene rings is 2. The van der Waals surface area contributed by atoms with Crippen LogP contribution in [0.3, 0.4) is 0 Å². The van der Waals surface area contributed by atoms with E-state index in [1.807, 2.05) is 0 Å². The van der Waals surface area contributed by atoms with Crippen LogP contribution in [-0.4, -0.2) is 19.5 Å². The fourth-order valence-electron chi connectivity index (χ4n) is 1.72. The molecule has 0 amide bonds. The smallest absolute Gasteiger partial charge is 0.174 e. The largest absolute Gasteiger partial charge is 0.497 e. The molecule has 2 aromatic rings. The van der Waals surface area contributed by atoms with E-state index < -0.39 is 0 Å². The van der Waals surface area contributed by atoms with Crippen LogP contribution in [0.5, 0.6) is 11.5 Å². The van der Waals surface area contributed by atoms with Crippen molar-refractivity contribution in [1.82, 2.24) is 0 Å². The highest BCUT2D eigenvalue weighted by atomic mass is 19.1. The van der Waals surface area contributed by atoms with Crippen molar-refractivity contribution < 1.29 is 18.7 Å². The van der Waals surface area contributed by atoms with Crippen molar-refractivity contribution in [2.75, 3.05) is 13.7 Å². The molecule has 0 aromatic heterocycles. The number of hydrogen-bond acceptors (Lipinski definition) is 3. The summed E-state index contributed by atoms with van der Waals surface area (Å²) < 4.78 is 23.1. The first kappa shape index (κ1) is 14.1. The number of methoxy groups -OCH3 is 1. The van der Waals surface area contributed by atoms with Crippen LogP contribution >= 0.6 is 0 Å². The minimum absolute atomic E-state index is 0.0102. The van der Waals surface area contributed by atoms with Crippen molar-refractivity contribution in [2.24, 2.45) is 0 Å². The second-order valence-electron chi connectivity index (χ2n) is 4.31. The van der Waals surface area contributed by atoms with Gasteiger partial charge in [0.25, 0.3) is 0 Å². The lowest BCUT2D eigenvalue weighted by atomic mass is 10.1. The molecule has 104 valence electrons. The molecule has 2 rings (SSSR count). The molecule has 0 aliphatic rings. The number of ether oxygens (including phenoxy) is 2. The lowest BCUT2D eigenvalue weighted by Gasteiger charge is -2.06. The number of Topliss-reactive ketones (excluding diaryl/α,β-unsaturated/α-hetero) is 1. The molecular weight excluding hydrogens is 259 g/mol. The monoisotopic (exact) mass is 274 g/mol. The van der Waals surface area contributed by atoms with Gasteiger partial charge in [-0.2, -0.15) is 0 Å². The molecule has 0 spiro atoms. The average molecular weight is 274 g/mol. The molecule has 0 N–H and O–H groups in total. The van der Waals surface area contributed by atoms with Gasteiger partial charge in [-0.15, -0.1) is 0 Å². The van der Waals surface area contributed by atoms with E-state index >= 15 is 0 Å². The van der Waals surface area contributed by atoms with E-state index in [4.69, 9.17) is 9.47 Å². The zero-order chi connectivity index (χ0) is 14.4. The molecule has 3 nitrogen and oxygen atoms in total. The Balaban J connectivity index is 1.83. The second kappa shape index (κ2) is 6.70. The van der Waals surface area contributed by atoms with Gasteiger partial charge in [0.2, 0.25) is 0 Å². The maximum atomic E-state index is 12.7. The Morgan fingerprint density at radius 2 is 1.60 bits per heavy atom. The Bertz CT molecular complexity index is 561. The molecule has 0 bridgehead atoms. The lowest BCUT2D eigenvalue weighted by Crippen LogP contribution is -2.13. The molecule has 0 saturated carbocycles. The van der Waals surface area contributed by atoms with Crippen LogP contribution in [0, 0.1) is 5.82 Å². The Labute approximate surface area is 117 Å². The molecule has 0 fully saturated rings. The van der Waals surface area contributed by atoms with Gasteiger partial charge >= 0.3 is 0 Å². The molecule has 4 heteroatoms. The van der Waals surface area contributed by atoms with E-state index in [9.17, 15) is 9.18 Å². The number of carbonyl (C=O) groups is 1. The SMILES string of the molecule is COc1ccc(OCC(=O)Cc2ccc(F)cc2)cc1. The van der Waals surface area contributed by atoms with Crippen LogP contribution in [0.15, 0.2) is 48.5 Å².